The largest absolute Gasteiger partial charge is 0.291 e. The molecule has 0 amide bonds. The Morgan fingerprint density at radius 3 is 1.56 bits per heavy atom. The average molecular weight is 708 g/mol. The SMILES string of the molecule is c1ccc(-c2ccc(-c3nc(-c4ccccc4)nc(-c4ccc(-c5cc6c7cc8ccccc8cc7sc6c6nc7ccccc7n56)cc4)n3)cc2)cc1. The van der Waals surface area contributed by atoms with E-state index in [-0.39, 0.29) is 0 Å². The summed E-state index contributed by atoms with van der Waals surface area (Å²) in [6, 6.07) is 61.5. The molecule has 4 heterocycles. The smallest absolute Gasteiger partial charge is 0.164 e. The number of rotatable bonds is 5. The molecule has 0 aliphatic carbocycles. The highest BCUT2D eigenvalue weighted by Crippen LogP contribution is 2.42. The zero-order valence-corrected chi connectivity index (χ0v) is 29.7. The van der Waals surface area contributed by atoms with E-state index in [4.69, 9.17) is 19.9 Å². The van der Waals surface area contributed by atoms with E-state index in [1.807, 2.05) is 47.7 Å². The van der Waals surface area contributed by atoms with Gasteiger partial charge in [0.1, 0.15) is 0 Å². The minimum absolute atomic E-state index is 0.627. The molecule has 0 bridgehead atoms. The van der Waals surface area contributed by atoms with Crippen molar-refractivity contribution in [3.63, 3.8) is 0 Å². The molecule has 11 rings (SSSR count). The van der Waals surface area contributed by atoms with Crippen LogP contribution in [0.1, 0.15) is 0 Å². The Bertz CT molecular complexity index is 3190. The van der Waals surface area contributed by atoms with Crippen molar-refractivity contribution < 1.29 is 0 Å². The van der Waals surface area contributed by atoms with Crippen LogP contribution < -0.4 is 0 Å². The lowest BCUT2D eigenvalue weighted by atomic mass is 10.0. The van der Waals surface area contributed by atoms with E-state index in [9.17, 15) is 0 Å². The van der Waals surface area contributed by atoms with Crippen LogP contribution in [0.3, 0.4) is 0 Å². The molecule has 0 aliphatic heterocycles. The highest BCUT2D eigenvalue weighted by atomic mass is 32.1. The third-order valence-electron chi connectivity index (χ3n) is 10.2. The second-order valence-electron chi connectivity index (χ2n) is 13.5. The molecule has 7 aromatic carbocycles. The number of para-hydroxylation sites is 2. The van der Waals surface area contributed by atoms with Crippen LogP contribution in [0.15, 0.2) is 176 Å². The molecule has 4 aromatic heterocycles. The number of aromatic nitrogens is 5. The first-order valence-corrected chi connectivity index (χ1v) is 18.8. The molecular weight excluding hydrogens is 679 g/mol. The fourth-order valence-electron chi connectivity index (χ4n) is 7.53. The molecular formula is C48H29N5S. The molecule has 0 unspecified atom stereocenters. The maximum absolute atomic E-state index is 5.21. The zero-order chi connectivity index (χ0) is 35.6. The molecule has 0 saturated heterocycles. The number of hydrogen-bond donors (Lipinski definition) is 0. The van der Waals surface area contributed by atoms with E-state index in [1.54, 1.807) is 0 Å². The summed E-state index contributed by atoms with van der Waals surface area (Å²) in [6.07, 6.45) is 0. The fraction of sp³-hybridized carbons (Fsp3) is 0. The third-order valence-corrected chi connectivity index (χ3v) is 11.4. The van der Waals surface area contributed by atoms with Gasteiger partial charge in [0, 0.05) is 32.2 Å². The third kappa shape index (κ3) is 5.07. The predicted octanol–water partition coefficient (Wildman–Crippen LogP) is 12.5. The van der Waals surface area contributed by atoms with Crippen LogP contribution in [-0.2, 0) is 0 Å². The maximum atomic E-state index is 5.21. The quantitative estimate of drug-likeness (QED) is 0.179. The first-order chi connectivity index (χ1) is 26.7. The van der Waals surface area contributed by atoms with Gasteiger partial charge in [0.05, 0.1) is 21.4 Å². The van der Waals surface area contributed by atoms with Gasteiger partial charge in [-0.1, -0.05) is 146 Å². The Morgan fingerprint density at radius 2 is 0.889 bits per heavy atom. The van der Waals surface area contributed by atoms with Crippen molar-refractivity contribution in [2.45, 2.75) is 0 Å². The summed E-state index contributed by atoms with van der Waals surface area (Å²) in [5, 5.41) is 4.96. The van der Waals surface area contributed by atoms with E-state index in [2.05, 4.69) is 144 Å². The number of hydrogen-bond acceptors (Lipinski definition) is 5. The van der Waals surface area contributed by atoms with Gasteiger partial charge >= 0.3 is 0 Å². The topological polar surface area (TPSA) is 56.0 Å². The van der Waals surface area contributed by atoms with Crippen molar-refractivity contribution in [2.75, 3.05) is 0 Å². The second kappa shape index (κ2) is 12.3. The number of fused-ring (bicyclic) bond motifs is 8. The molecule has 54 heavy (non-hydrogen) atoms. The summed E-state index contributed by atoms with van der Waals surface area (Å²) in [4.78, 5) is 20.2. The normalized spacial score (nSPS) is 11.7. The van der Waals surface area contributed by atoms with E-state index < -0.39 is 0 Å². The van der Waals surface area contributed by atoms with Gasteiger partial charge in [-0.15, -0.1) is 11.3 Å². The van der Waals surface area contributed by atoms with Crippen molar-refractivity contribution in [3.8, 4) is 56.5 Å². The Balaban J connectivity index is 1.06. The molecule has 0 radical (unpaired) electrons. The van der Waals surface area contributed by atoms with Gasteiger partial charge in [-0.3, -0.25) is 4.40 Å². The number of thiophene rings is 1. The van der Waals surface area contributed by atoms with Crippen molar-refractivity contribution in [2.24, 2.45) is 0 Å². The van der Waals surface area contributed by atoms with E-state index >= 15 is 0 Å². The number of pyridine rings is 1. The van der Waals surface area contributed by atoms with E-state index in [0.29, 0.717) is 17.5 Å². The monoisotopic (exact) mass is 707 g/mol. The Hall–Kier alpha value is -7.02. The number of imidazole rings is 1. The Labute approximate surface area is 314 Å². The van der Waals surface area contributed by atoms with Gasteiger partial charge in [-0.05, 0) is 57.8 Å². The second-order valence-corrected chi connectivity index (χ2v) is 14.6. The molecule has 0 aliphatic rings. The molecule has 252 valence electrons. The molecule has 0 fully saturated rings. The van der Waals surface area contributed by atoms with Gasteiger partial charge in [-0.2, -0.15) is 0 Å². The first kappa shape index (κ1) is 30.6. The lowest BCUT2D eigenvalue weighted by molar-refractivity contribution is 1.07. The maximum Gasteiger partial charge on any atom is 0.164 e. The van der Waals surface area contributed by atoms with Crippen molar-refractivity contribution >= 4 is 59.0 Å². The van der Waals surface area contributed by atoms with Crippen molar-refractivity contribution in [1.29, 1.82) is 0 Å². The summed E-state index contributed by atoms with van der Waals surface area (Å²) in [5.41, 5.74) is 10.3. The van der Waals surface area contributed by atoms with E-state index in [1.165, 1.54) is 36.5 Å². The molecule has 0 spiro atoms. The highest BCUT2D eigenvalue weighted by molar-refractivity contribution is 7.26. The molecule has 11 aromatic rings. The van der Waals surface area contributed by atoms with Gasteiger partial charge in [0.2, 0.25) is 0 Å². The van der Waals surface area contributed by atoms with Gasteiger partial charge in [0.15, 0.2) is 23.1 Å². The van der Waals surface area contributed by atoms with Crippen LogP contribution in [-0.4, -0.2) is 24.3 Å². The van der Waals surface area contributed by atoms with Crippen LogP contribution in [0.5, 0.6) is 0 Å². The van der Waals surface area contributed by atoms with Crippen molar-refractivity contribution in [3.05, 3.63) is 176 Å². The number of nitrogens with zero attached hydrogens (tertiary/aromatic N) is 5. The highest BCUT2D eigenvalue weighted by Gasteiger charge is 2.19. The zero-order valence-electron chi connectivity index (χ0n) is 28.9. The lowest BCUT2D eigenvalue weighted by Crippen LogP contribution is -2.00. The van der Waals surface area contributed by atoms with Crippen LogP contribution in [0.25, 0.3) is 104 Å². The van der Waals surface area contributed by atoms with Gasteiger partial charge in [0.25, 0.3) is 0 Å². The minimum Gasteiger partial charge on any atom is -0.291 e. The van der Waals surface area contributed by atoms with Crippen LogP contribution in [0, 0.1) is 0 Å². The minimum atomic E-state index is 0.627. The molecule has 0 N–H and O–H groups in total. The summed E-state index contributed by atoms with van der Waals surface area (Å²) in [6.45, 7) is 0. The first-order valence-electron chi connectivity index (χ1n) is 18.0. The van der Waals surface area contributed by atoms with Crippen molar-refractivity contribution in [1.82, 2.24) is 24.3 Å². The fourth-order valence-corrected chi connectivity index (χ4v) is 8.72. The summed E-state index contributed by atoms with van der Waals surface area (Å²) in [7, 11) is 0. The summed E-state index contributed by atoms with van der Waals surface area (Å²) >= 11 is 1.82. The van der Waals surface area contributed by atoms with E-state index in [0.717, 1.165) is 50.2 Å². The standard InChI is InChI=1S/C48H29N5S/c1-3-11-30(12-4-1)31-19-23-34(24-20-31)46-50-45(33-13-5-2-6-14-33)51-47(52-46)35-25-21-32(22-26-35)42-29-39-38-27-36-15-7-8-16-37(36)28-43(38)54-44(39)48-49-40-17-9-10-18-41(40)53(42)48/h1-29H. The van der Waals surface area contributed by atoms with Crippen LogP contribution in [0.4, 0.5) is 0 Å². The van der Waals surface area contributed by atoms with Gasteiger partial charge in [-0.25, -0.2) is 19.9 Å². The Morgan fingerprint density at radius 1 is 0.389 bits per heavy atom. The Kier molecular flexibility index (Phi) is 6.97. The summed E-state index contributed by atoms with van der Waals surface area (Å²) < 4.78 is 4.77. The summed E-state index contributed by atoms with van der Waals surface area (Å²) in [5.74, 6) is 1.90. The lowest BCUT2D eigenvalue weighted by Gasteiger charge is -2.11. The van der Waals surface area contributed by atoms with Gasteiger partial charge < -0.3 is 0 Å². The molecule has 6 heteroatoms. The molecule has 0 saturated carbocycles. The van der Waals surface area contributed by atoms with Crippen LogP contribution >= 0.6 is 11.3 Å². The number of benzene rings is 7. The predicted molar refractivity (Wildman–Crippen MR) is 224 cm³/mol. The molecule has 5 nitrogen and oxygen atoms in total. The average Bonchev–Trinajstić information content (AvgIpc) is 3.81. The van der Waals surface area contributed by atoms with Crippen LogP contribution in [0.2, 0.25) is 0 Å². The molecule has 0 atom stereocenters.